The number of nitrogens with zero attached hydrogens (tertiary/aromatic N) is 5. The fraction of sp³-hybridized carbons (Fsp3) is 0.571. The maximum Gasteiger partial charge on any atom is 0.528 e. The highest BCUT2D eigenvalue weighted by atomic mass is 35.5. The first-order valence-electron chi connectivity index (χ1n) is 13.6. The van der Waals surface area contributed by atoms with Crippen LogP contribution in [-0.2, 0) is 35.5 Å². The fourth-order valence-corrected chi connectivity index (χ4v) is 6.25. The SMILES string of the molecule is CC(C)(C)OC(=O)ON1Cc2cc(Cl)ccc2-n2c(nnc2C2CCC(c3onc4c3CCCC4)CC2)C1. The average molecular weight is 540 g/mol. The number of aryl methyl sites for hydroxylation is 1. The van der Waals surface area contributed by atoms with Gasteiger partial charge in [0.2, 0.25) is 0 Å². The molecule has 6 rings (SSSR count). The Kier molecular flexibility index (Phi) is 6.68. The molecule has 38 heavy (non-hydrogen) atoms. The zero-order valence-corrected chi connectivity index (χ0v) is 23.0. The van der Waals surface area contributed by atoms with Crippen molar-refractivity contribution in [2.24, 2.45) is 0 Å². The summed E-state index contributed by atoms with van der Waals surface area (Å²) in [5.74, 6) is 3.47. The lowest BCUT2D eigenvalue weighted by Gasteiger charge is -2.28. The van der Waals surface area contributed by atoms with Gasteiger partial charge in [0.1, 0.15) is 17.2 Å². The van der Waals surface area contributed by atoms with E-state index in [1.54, 1.807) is 25.8 Å². The van der Waals surface area contributed by atoms with Crippen LogP contribution in [0.1, 0.15) is 105 Å². The lowest BCUT2D eigenvalue weighted by atomic mass is 9.78. The molecule has 0 bridgehead atoms. The molecule has 2 aliphatic carbocycles. The Hall–Kier alpha value is -2.91. The number of fused-ring (bicyclic) bond motifs is 4. The molecule has 1 aliphatic heterocycles. The molecule has 3 aliphatic rings. The summed E-state index contributed by atoms with van der Waals surface area (Å²) < 4.78 is 13.4. The number of carbonyl (C=O) groups is 1. The summed E-state index contributed by atoms with van der Waals surface area (Å²) in [4.78, 5) is 18.0. The Labute approximate surface area is 227 Å². The Morgan fingerprint density at radius 1 is 1.05 bits per heavy atom. The van der Waals surface area contributed by atoms with E-state index in [0.717, 1.165) is 67.2 Å². The predicted octanol–water partition coefficient (Wildman–Crippen LogP) is 6.41. The van der Waals surface area contributed by atoms with E-state index in [9.17, 15) is 4.79 Å². The highest BCUT2D eigenvalue weighted by molar-refractivity contribution is 6.30. The van der Waals surface area contributed by atoms with Gasteiger partial charge in [-0.15, -0.1) is 15.3 Å². The number of ether oxygens (including phenoxy) is 1. The Bertz CT molecular complexity index is 1340. The van der Waals surface area contributed by atoms with Crippen molar-refractivity contribution in [3.05, 3.63) is 57.5 Å². The van der Waals surface area contributed by atoms with Crippen molar-refractivity contribution in [3.8, 4) is 5.69 Å². The van der Waals surface area contributed by atoms with Crippen LogP contribution in [0.4, 0.5) is 4.79 Å². The van der Waals surface area contributed by atoms with Crippen molar-refractivity contribution in [2.75, 3.05) is 0 Å². The Morgan fingerprint density at radius 3 is 2.61 bits per heavy atom. The van der Waals surface area contributed by atoms with Gasteiger partial charge in [-0.1, -0.05) is 16.8 Å². The number of halogens is 1. The highest BCUT2D eigenvalue weighted by Crippen LogP contribution is 2.43. The van der Waals surface area contributed by atoms with Crippen molar-refractivity contribution in [3.63, 3.8) is 0 Å². The van der Waals surface area contributed by atoms with Crippen molar-refractivity contribution in [1.82, 2.24) is 25.0 Å². The minimum Gasteiger partial charge on any atom is -0.427 e. The van der Waals surface area contributed by atoms with Crippen LogP contribution < -0.4 is 0 Å². The van der Waals surface area contributed by atoms with Gasteiger partial charge in [0.05, 0.1) is 24.5 Å². The first kappa shape index (κ1) is 25.4. The number of benzene rings is 1. The number of aromatic nitrogens is 4. The van der Waals surface area contributed by atoms with Gasteiger partial charge in [-0.05, 0) is 95.9 Å². The average Bonchev–Trinajstić information content (AvgIpc) is 3.44. The molecule has 10 heteroatoms. The monoisotopic (exact) mass is 539 g/mol. The normalized spacial score (nSPS) is 21.7. The molecule has 1 aromatic carbocycles. The number of hydrogen-bond acceptors (Lipinski definition) is 8. The van der Waals surface area contributed by atoms with E-state index in [0.29, 0.717) is 17.5 Å². The third-order valence-corrected chi connectivity index (χ3v) is 7.98. The maximum absolute atomic E-state index is 12.4. The van der Waals surface area contributed by atoms with E-state index in [4.69, 9.17) is 25.7 Å². The van der Waals surface area contributed by atoms with Gasteiger partial charge in [0.25, 0.3) is 0 Å². The van der Waals surface area contributed by atoms with Crippen LogP contribution in [-0.4, -0.2) is 36.7 Å². The summed E-state index contributed by atoms with van der Waals surface area (Å²) in [7, 11) is 0. The van der Waals surface area contributed by atoms with E-state index in [1.807, 2.05) is 18.2 Å². The number of hydrogen-bond donors (Lipinski definition) is 0. The van der Waals surface area contributed by atoms with Gasteiger partial charge < -0.3 is 14.1 Å². The van der Waals surface area contributed by atoms with Crippen molar-refractivity contribution in [2.45, 2.75) is 103 Å². The summed E-state index contributed by atoms with van der Waals surface area (Å²) in [5.41, 5.74) is 3.78. The number of carbonyl (C=O) groups excluding carboxylic acids is 1. The molecule has 3 heterocycles. The van der Waals surface area contributed by atoms with Crippen molar-refractivity contribution >= 4 is 17.8 Å². The van der Waals surface area contributed by atoms with Crippen LogP contribution in [0.15, 0.2) is 22.7 Å². The van der Waals surface area contributed by atoms with Crippen LogP contribution in [0.25, 0.3) is 5.69 Å². The number of hydroxylamine groups is 2. The third kappa shape index (κ3) is 5.06. The minimum absolute atomic E-state index is 0.271. The Balaban J connectivity index is 1.24. The molecule has 3 aromatic rings. The summed E-state index contributed by atoms with van der Waals surface area (Å²) >= 11 is 6.37. The van der Waals surface area contributed by atoms with Crippen molar-refractivity contribution < 1.29 is 18.9 Å². The van der Waals surface area contributed by atoms with Crippen LogP contribution in [0, 0.1) is 0 Å². The molecule has 0 N–H and O–H groups in total. The minimum atomic E-state index is -0.748. The second-order valence-electron chi connectivity index (χ2n) is 11.7. The van der Waals surface area contributed by atoms with E-state index in [2.05, 4.69) is 19.9 Å². The van der Waals surface area contributed by atoms with Gasteiger partial charge in [0, 0.05) is 22.4 Å². The molecule has 0 saturated heterocycles. The van der Waals surface area contributed by atoms with E-state index in [1.165, 1.54) is 24.1 Å². The molecule has 0 amide bonds. The zero-order valence-electron chi connectivity index (χ0n) is 22.2. The molecular formula is C28H34ClN5O4. The predicted molar refractivity (Wildman–Crippen MR) is 140 cm³/mol. The Morgan fingerprint density at radius 2 is 1.82 bits per heavy atom. The van der Waals surface area contributed by atoms with Crippen LogP contribution in [0.5, 0.6) is 0 Å². The first-order valence-corrected chi connectivity index (χ1v) is 14.0. The summed E-state index contributed by atoms with van der Waals surface area (Å²) in [6, 6.07) is 5.78. The molecule has 2 aromatic heterocycles. The van der Waals surface area contributed by atoms with Crippen LogP contribution in [0.2, 0.25) is 5.02 Å². The van der Waals surface area contributed by atoms with E-state index in [-0.39, 0.29) is 12.5 Å². The first-order chi connectivity index (χ1) is 18.2. The van der Waals surface area contributed by atoms with Gasteiger partial charge >= 0.3 is 6.16 Å². The molecule has 0 unspecified atom stereocenters. The third-order valence-electron chi connectivity index (χ3n) is 7.75. The lowest BCUT2D eigenvalue weighted by molar-refractivity contribution is -0.155. The molecule has 202 valence electrons. The smallest absolute Gasteiger partial charge is 0.427 e. The van der Waals surface area contributed by atoms with Gasteiger partial charge in [0.15, 0.2) is 5.82 Å². The topological polar surface area (TPSA) is 95.5 Å². The second kappa shape index (κ2) is 10.0. The quantitative estimate of drug-likeness (QED) is 0.352. The fourth-order valence-electron chi connectivity index (χ4n) is 6.05. The molecule has 9 nitrogen and oxygen atoms in total. The van der Waals surface area contributed by atoms with Crippen LogP contribution in [0.3, 0.4) is 0 Å². The molecule has 0 atom stereocenters. The summed E-state index contributed by atoms with van der Waals surface area (Å²) in [6.07, 6.45) is 7.88. The molecule has 0 spiro atoms. The van der Waals surface area contributed by atoms with E-state index >= 15 is 0 Å². The zero-order chi connectivity index (χ0) is 26.4. The summed E-state index contributed by atoms with van der Waals surface area (Å²) in [6.45, 7) is 6.07. The molecular weight excluding hydrogens is 506 g/mol. The standard InChI is InChI=1S/C28H34ClN5O4/c1-28(2,3)36-27(35)38-33-15-19-14-20(29)12-13-23(19)34-24(16-33)30-31-26(34)18-10-8-17(9-11-18)25-21-6-4-5-7-22(21)32-37-25/h12-14,17-18H,4-11,15-16H2,1-3H3. The number of rotatable bonds is 3. The maximum atomic E-state index is 12.4. The molecule has 0 radical (unpaired) electrons. The van der Waals surface area contributed by atoms with Gasteiger partial charge in [-0.3, -0.25) is 4.57 Å². The van der Waals surface area contributed by atoms with Gasteiger partial charge in [-0.25, -0.2) is 4.79 Å². The van der Waals surface area contributed by atoms with Crippen LogP contribution >= 0.6 is 11.6 Å². The van der Waals surface area contributed by atoms with E-state index < -0.39 is 11.8 Å². The highest BCUT2D eigenvalue weighted by Gasteiger charge is 2.34. The molecule has 1 fully saturated rings. The lowest BCUT2D eigenvalue weighted by Crippen LogP contribution is -2.31. The summed E-state index contributed by atoms with van der Waals surface area (Å²) in [5, 5.41) is 15.8. The largest absolute Gasteiger partial charge is 0.528 e. The second-order valence-corrected chi connectivity index (χ2v) is 12.1. The van der Waals surface area contributed by atoms with Crippen molar-refractivity contribution in [1.29, 1.82) is 0 Å². The van der Waals surface area contributed by atoms with Gasteiger partial charge in [-0.2, -0.15) is 0 Å². The molecule has 1 saturated carbocycles.